The zero-order valence-corrected chi connectivity index (χ0v) is 11.1. The van der Waals surface area contributed by atoms with Crippen molar-refractivity contribution in [3.63, 3.8) is 0 Å². The summed E-state index contributed by atoms with van der Waals surface area (Å²) in [4.78, 5) is 18.9. The van der Waals surface area contributed by atoms with E-state index in [4.69, 9.17) is 5.11 Å². The molecule has 0 aliphatic heterocycles. The lowest BCUT2D eigenvalue weighted by Gasteiger charge is -2.06. The van der Waals surface area contributed by atoms with Crippen LogP contribution in [0.5, 0.6) is 0 Å². The molecule has 2 N–H and O–H groups in total. The Hall–Kier alpha value is -3.04. The predicted molar refractivity (Wildman–Crippen MR) is 70.5 cm³/mol. The number of aromatic nitrogens is 7. The maximum atomic E-state index is 10.6. The molecule has 0 aliphatic carbocycles. The summed E-state index contributed by atoms with van der Waals surface area (Å²) in [6.45, 7) is 2.04. The predicted octanol–water partition coefficient (Wildman–Crippen LogP) is -0.279. The number of nitrogens with one attached hydrogen (secondary N) is 1. The molecule has 0 atom stereocenters. The molecule has 3 rings (SSSR count). The van der Waals surface area contributed by atoms with Crippen molar-refractivity contribution < 1.29 is 9.90 Å². The maximum Gasteiger partial charge on any atom is 0.325 e. The zero-order valence-electron chi connectivity index (χ0n) is 11.1. The molecule has 0 unspecified atom stereocenters. The Morgan fingerprint density at radius 2 is 2.33 bits per heavy atom. The third-order valence-corrected chi connectivity index (χ3v) is 2.71. The Morgan fingerprint density at radius 3 is 3.14 bits per heavy atom. The van der Waals surface area contributed by atoms with Crippen LogP contribution in [-0.4, -0.2) is 45.7 Å². The van der Waals surface area contributed by atoms with Gasteiger partial charge in [0.05, 0.1) is 12.7 Å². The van der Waals surface area contributed by atoms with Gasteiger partial charge in [-0.1, -0.05) is 5.21 Å². The molecule has 0 saturated carbocycles. The number of aliphatic carboxylic acids is 1. The topological polar surface area (TPSA) is 123 Å². The summed E-state index contributed by atoms with van der Waals surface area (Å²) in [5, 5.41) is 23.6. The van der Waals surface area contributed by atoms with E-state index in [1.165, 1.54) is 11.0 Å². The normalized spacial score (nSPS) is 10.9. The summed E-state index contributed by atoms with van der Waals surface area (Å²) < 4.78 is 2.84. The van der Waals surface area contributed by atoms with Gasteiger partial charge in [-0.25, -0.2) is 9.67 Å². The summed E-state index contributed by atoms with van der Waals surface area (Å²) in [6, 6.07) is 1.84. The Morgan fingerprint density at radius 1 is 1.48 bits per heavy atom. The lowest BCUT2D eigenvalue weighted by atomic mass is 10.4. The van der Waals surface area contributed by atoms with Crippen LogP contribution in [-0.2, 0) is 17.9 Å². The molecule has 3 aromatic heterocycles. The fourth-order valence-electron chi connectivity index (χ4n) is 1.87. The molecule has 3 aromatic rings. The largest absolute Gasteiger partial charge is 0.480 e. The number of hydrogen-bond donors (Lipinski definition) is 2. The molecule has 0 bridgehead atoms. The second-order valence-corrected chi connectivity index (χ2v) is 4.41. The minimum atomic E-state index is -0.964. The number of anilines is 1. The van der Waals surface area contributed by atoms with Gasteiger partial charge in [-0.15, -0.1) is 5.10 Å². The van der Waals surface area contributed by atoms with E-state index in [2.05, 4.69) is 30.7 Å². The highest BCUT2D eigenvalue weighted by atomic mass is 16.4. The van der Waals surface area contributed by atoms with Gasteiger partial charge in [-0.3, -0.25) is 4.79 Å². The third-order valence-electron chi connectivity index (χ3n) is 2.71. The second-order valence-electron chi connectivity index (χ2n) is 4.41. The smallest absolute Gasteiger partial charge is 0.325 e. The fourth-order valence-corrected chi connectivity index (χ4v) is 1.87. The van der Waals surface area contributed by atoms with Crippen LogP contribution in [0.25, 0.3) is 5.78 Å². The second kappa shape index (κ2) is 5.15. The van der Waals surface area contributed by atoms with Crippen molar-refractivity contribution in [1.82, 2.24) is 34.6 Å². The summed E-state index contributed by atoms with van der Waals surface area (Å²) in [6.07, 6.45) is 3.00. The number of rotatable bonds is 5. The third kappa shape index (κ3) is 2.78. The minimum absolute atomic E-state index is 0.214. The van der Waals surface area contributed by atoms with Crippen molar-refractivity contribution in [3.05, 3.63) is 30.0 Å². The van der Waals surface area contributed by atoms with E-state index in [-0.39, 0.29) is 6.54 Å². The lowest BCUT2D eigenvalue weighted by molar-refractivity contribution is -0.137. The first kappa shape index (κ1) is 13.0. The highest BCUT2D eigenvalue weighted by Crippen LogP contribution is 2.11. The number of fused-ring (bicyclic) bond motifs is 1. The Bertz CT molecular complexity index is 792. The van der Waals surface area contributed by atoms with Gasteiger partial charge in [0.2, 0.25) is 0 Å². The molecule has 0 saturated heterocycles. The average molecular weight is 288 g/mol. The van der Waals surface area contributed by atoms with Crippen LogP contribution < -0.4 is 5.32 Å². The number of nitrogens with zero attached hydrogens (tertiary/aromatic N) is 7. The number of carboxylic acids is 1. The molecular weight excluding hydrogens is 276 g/mol. The molecule has 0 amide bonds. The molecular formula is C11H12N8O2. The van der Waals surface area contributed by atoms with E-state index in [0.717, 1.165) is 11.5 Å². The Kier molecular flexibility index (Phi) is 3.18. The van der Waals surface area contributed by atoms with Crippen molar-refractivity contribution in [1.29, 1.82) is 0 Å². The molecule has 0 aromatic carbocycles. The van der Waals surface area contributed by atoms with Gasteiger partial charge < -0.3 is 10.4 Å². The number of aryl methyl sites for hydroxylation is 1. The van der Waals surface area contributed by atoms with Crippen LogP contribution in [0.3, 0.4) is 0 Å². The standard InChI is InChI=1S/C11H12N8O2/c1-7-2-9(19-11(15-7)13-6-14-19)12-3-8-4-18(17-16-8)5-10(20)21/h2,4,6,12H,3,5H2,1H3,(H,20,21). The highest BCUT2D eigenvalue weighted by molar-refractivity contribution is 5.66. The quantitative estimate of drug-likeness (QED) is 0.657. The molecule has 0 spiro atoms. The van der Waals surface area contributed by atoms with E-state index >= 15 is 0 Å². The number of carbonyl (C=O) groups is 1. The lowest BCUT2D eigenvalue weighted by Crippen LogP contribution is -2.09. The van der Waals surface area contributed by atoms with Crippen LogP contribution in [0.4, 0.5) is 5.82 Å². The van der Waals surface area contributed by atoms with Crippen molar-refractivity contribution in [2.24, 2.45) is 0 Å². The summed E-state index contributed by atoms with van der Waals surface area (Å²) in [5.74, 6) is 0.267. The van der Waals surface area contributed by atoms with Crippen molar-refractivity contribution in [2.45, 2.75) is 20.0 Å². The molecule has 108 valence electrons. The molecule has 10 nitrogen and oxygen atoms in total. The van der Waals surface area contributed by atoms with Gasteiger partial charge >= 0.3 is 5.97 Å². The molecule has 10 heteroatoms. The van der Waals surface area contributed by atoms with Gasteiger partial charge in [-0.2, -0.15) is 14.6 Å². The molecule has 0 radical (unpaired) electrons. The average Bonchev–Trinajstić information content (AvgIpc) is 3.04. The summed E-state index contributed by atoms with van der Waals surface area (Å²) >= 11 is 0. The molecule has 21 heavy (non-hydrogen) atoms. The van der Waals surface area contributed by atoms with E-state index in [1.54, 1.807) is 10.7 Å². The maximum absolute atomic E-state index is 10.6. The van der Waals surface area contributed by atoms with Crippen molar-refractivity contribution >= 4 is 17.6 Å². The van der Waals surface area contributed by atoms with Gasteiger partial charge in [0, 0.05) is 11.8 Å². The monoisotopic (exact) mass is 288 g/mol. The molecule has 3 heterocycles. The van der Waals surface area contributed by atoms with E-state index in [9.17, 15) is 4.79 Å². The van der Waals surface area contributed by atoms with Gasteiger partial charge in [0.1, 0.15) is 24.4 Å². The van der Waals surface area contributed by atoms with E-state index in [1.807, 2.05) is 13.0 Å². The van der Waals surface area contributed by atoms with Crippen LogP contribution in [0, 0.1) is 6.92 Å². The molecule has 0 fully saturated rings. The van der Waals surface area contributed by atoms with Crippen molar-refractivity contribution in [2.75, 3.05) is 5.32 Å². The summed E-state index contributed by atoms with van der Waals surface area (Å²) in [7, 11) is 0. The van der Waals surface area contributed by atoms with Crippen molar-refractivity contribution in [3.8, 4) is 0 Å². The number of hydrogen-bond acceptors (Lipinski definition) is 7. The van der Waals surface area contributed by atoms with E-state index in [0.29, 0.717) is 18.0 Å². The van der Waals surface area contributed by atoms with Crippen LogP contribution in [0.2, 0.25) is 0 Å². The first-order valence-electron chi connectivity index (χ1n) is 6.14. The van der Waals surface area contributed by atoms with Crippen LogP contribution >= 0.6 is 0 Å². The summed E-state index contributed by atoms with van der Waals surface area (Å²) in [5.41, 5.74) is 1.44. The highest BCUT2D eigenvalue weighted by Gasteiger charge is 2.07. The Balaban J connectivity index is 1.75. The molecule has 0 aliphatic rings. The number of carboxylic acid groups (broad SMARTS) is 1. The van der Waals surface area contributed by atoms with Gasteiger partial charge in [-0.05, 0) is 6.92 Å². The van der Waals surface area contributed by atoms with Crippen LogP contribution in [0.1, 0.15) is 11.4 Å². The minimum Gasteiger partial charge on any atom is -0.480 e. The van der Waals surface area contributed by atoms with Gasteiger partial charge in [0.25, 0.3) is 5.78 Å². The fraction of sp³-hybridized carbons (Fsp3) is 0.273. The van der Waals surface area contributed by atoms with E-state index < -0.39 is 5.97 Å². The SMILES string of the molecule is Cc1cc(NCc2cn(CC(=O)O)nn2)n2ncnc2n1. The van der Waals surface area contributed by atoms with Crippen LogP contribution in [0.15, 0.2) is 18.6 Å². The van der Waals surface area contributed by atoms with Gasteiger partial charge in [0.15, 0.2) is 0 Å². The Labute approximate surface area is 118 Å². The first-order chi connectivity index (χ1) is 10.1. The zero-order chi connectivity index (χ0) is 14.8. The first-order valence-corrected chi connectivity index (χ1v) is 6.14.